The molecule has 0 saturated carbocycles. The predicted molar refractivity (Wildman–Crippen MR) is 129 cm³/mol. The Hall–Kier alpha value is -2.32. The SMILES string of the molecule is CCNC(=NCc1cccc(OCCN(C)C2CCOCC2)c1)NCC(=O)NC(C)(C)C. The van der Waals surface area contributed by atoms with Gasteiger partial charge in [0, 0.05) is 37.9 Å². The van der Waals surface area contributed by atoms with Gasteiger partial charge in [-0.2, -0.15) is 0 Å². The van der Waals surface area contributed by atoms with Crippen molar-refractivity contribution in [2.24, 2.45) is 4.99 Å². The first-order valence-electron chi connectivity index (χ1n) is 11.6. The van der Waals surface area contributed by atoms with Crippen molar-refractivity contribution in [2.45, 2.75) is 58.7 Å². The van der Waals surface area contributed by atoms with E-state index in [0.29, 0.717) is 25.2 Å². The fraction of sp³-hybridized carbons (Fsp3) is 0.667. The molecule has 1 aliphatic heterocycles. The van der Waals surface area contributed by atoms with Crippen molar-refractivity contribution in [1.29, 1.82) is 0 Å². The molecule has 180 valence electrons. The van der Waals surface area contributed by atoms with E-state index in [1.807, 2.05) is 52.0 Å². The van der Waals surface area contributed by atoms with Crippen LogP contribution < -0.4 is 20.7 Å². The molecule has 1 heterocycles. The van der Waals surface area contributed by atoms with E-state index >= 15 is 0 Å². The molecule has 0 bridgehead atoms. The summed E-state index contributed by atoms with van der Waals surface area (Å²) in [7, 11) is 2.15. The van der Waals surface area contributed by atoms with Crippen molar-refractivity contribution in [3.05, 3.63) is 29.8 Å². The Morgan fingerprint density at radius 3 is 2.69 bits per heavy atom. The maximum absolute atomic E-state index is 12.1. The Bertz CT molecular complexity index is 727. The number of nitrogens with zero attached hydrogens (tertiary/aromatic N) is 2. The Labute approximate surface area is 193 Å². The Kier molecular flexibility index (Phi) is 10.8. The number of carbonyl (C=O) groups is 1. The second-order valence-corrected chi connectivity index (χ2v) is 9.17. The fourth-order valence-electron chi connectivity index (χ4n) is 3.49. The van der Waals surface area contributed by atoms with E-state index in [-0.39, 0.29) is 18.0 Å². The Balaban J connectivity index is 1.82. The van der Waals surface area contributed by atoms with Crippen LogP contribution in [0.4, 0.5) is 0 Å². The number of hydrogen-bond acceptors (Lipinski definition) is 5. The van der Waals surface area contributed by atoms with Gasteiger partial charge in [0.1, 0.15) is 12.4 Å². The average Bonchev–Trinajstić information content (AvgIpc) is 2.75. The van der Waals surface area contributed by atoms with Crippen LogP contribution in [0.2, 0.25) is 0 Å². The third kappa shape index (κ3) is 10.3. The minimum Gasteiger partial charge on any atom is -0.492 e. The van der Waals surface area contributed by atoms with Crippen LogP contribution in [0.5, 0.6) is 5.75 Å². The van der Waals surface area contributed by atoms with E-state index in [4.69, 9.17) is 9.47 Å². The highest BCUT2D eigenvalue weighted by atomic mass is 16.5. The van der Waals surface area contributed by atoms with Gasteiger partial charge < -0.3 is 25.4 Å². The van der Waals surface area contributed by atoms with Crippen molar-refractivity contribution < 1.29 is 14.3 Å². The molecule has 1 amide bonds. The summed E-state index contributed by atoms with van der Waals surface area (Å²) < 4.78 is 11.4. The van der Waals surface area contributed by atoms with Crippen LogP contribution in [-0.2, 0) is 16.1 Å². The minimum absolute atomic E-state index is 0.0655. The molecule has 0 radical (unpaired) electrons. The number of ether oxygens (including phenoxy) is 2. The lowest BCUT2D eigenvalue weighted by Gasteiger charge is -2.31. The highest BCUT2D eigenvalue weighted by Crippen LogP contribution is 2.15. The number of hydrogen-bond donors (Lipinski definition) is 3. The molecule has 0 unspecified atom stereocenters. The van der Waals surface area contributed by atoms with Gasteiger partial charge in [-0.1, -0.05) is 12.1 Å². The van der Waals surface area contributed by atoms with Crippen LogP contribution >= 0.6 is 0 Å². The van der Waals surface area contributed by atoms with Gasteiger partial charge in [-0.3, -0.25) is 9.69 Å². The molecule has 1 fully saturated rings. The number of aliphatic imine (C=N–C) groups is 1. The van der Waals surface area contributed by atoms with Gasteiger partial charge in [-0.25, -0.2) is 4.99 Å². The number of rotatable bonds is 10. The molecule has 3 N–H and O–H groups in total. The first kappa shape index (κ1) is 25.9. The Morgan fingerprint density at radius 1 is 1.25 bits per heavy atom. The van der Waals surface area contributed by atoms with E-state index in [0.717, 1.165) is 50.5 Å². The van der Waals surface area contributed by atoms with E-state index in [2.05, 4.69) is 32.9 Å². The molecule has 2 rings (SSSR count). The normalized spacial score (nSPS) is 15.5. The standard InChI is InChI=1S/C24H41N5O3/c1-6-25-23(27-18-22(30)28-24(2,3)4)26-17-19-8-7-9-21(16-19)32-15-12-29(5)20-10-13-31-14-11-20/h7-9,16,20H,6,10-15,17-18H2,1-5H3,(H,28,30)(H2,25,26,27). The van der Waals surface area contributed by atoms with Crippen molar-refractivity contribution >= 4 is 11.9 Å². The highest BCUT2D eigenvalue weighted by molar-refractivity contribution is 5.86. The van der Waals surface area contributed by atoms with Crippen LogP contribution in [0.3, 0.4) is 0 Å². The zero-order chi connectivity index (χ0) is 23.4. The zero-order valence-electron chi connectivity index (χ0n) is 20.4. The van der Waals surface area contributed by atoms with Crippen LogP contribution in [0.15, 0.2) is 29.3 Å². The summed E-state index contributed by atoms with van der Waals surface area (Å²) >= 11 is 0. The van der Waals surface area contributed by atoms with Crippen LogP contribution in [0, 0.1) is 0 Å². The van der Waals surface area contributed by atoms with E-state index in [1.54, 1.807) is 0 Å². The minimum atomic E-state index is -0.256. The number of guanidine groups is 1. The van der Waals surface area contributed by atoms with E-state index in [1.165, 1.54) is 0 Å². The summed E-state index contributed by atoms with van der Waals surface area (Å²) in [5, 5.41) is 9.20. The van der Waals surface area contributed by atoms with E-state index in [9.17, 15) is 4.79 Å². The third-order valence-electron chi connectivity index (χ3n) is 5.12. The lowest BCUT2D eigenvalue weighted by atomic mass is 10.1. The second kappa shape index (κ2) is 13.3. The monoisotopic (exact) mass is 447 g/mol. The van der Waals surface area contributed by atoms with Crippen molar-refractivity contribution in [1.82, 2.24) is 20.9 Å². The molecule has 8 heteroatoms. The maximum Gasteiger partial charge on any atom is 0.239 e. The summed E-state index contributed by atoms with van der Waals surface area (Å²) in [5.41, 5.74) is 0.797. The number of carbonyl (C=O) groups excluding carboxylic acids is 1. The molecule has 0 spiro atoms. The molecular formula is C24H41N5O3. The summed E-state index contributed by atoms with van der Waals surface area (Å²) in [5.74, 6) is 1.39. The van der Waals surface area contributed by atoms with Gasteiger partial charge in [0.25, 0.3) is 0 Å². The summed E-state index contributed by atoms with van der Waals surface area (Å²) in [4.78, 5) is 19.0. The van der Waals surface area contributed by atoms with Crippen molar-refractivity contribution in [2.75, 3.05) is 46.5 Å². The van der Waals surface area contributed by atoms with Crippen molar-refractivity contribution in [3.63, 3.8) is 0 Å². The van der Waals surface area contributed by atoms with Crippen LogP contribution in [0.1, 0.15) is 46.1 Å². The highest BCUT2D eigenvalue weighted by Gasteiger charge is 2.18. The van der Waals surface area contributed by atoms with Gasteiger partial charge in [0.05, 0.1) is 13.1 Å². The summed E-state index contributed by atoms with van der Waals surface area (Å²) in [6, 6.07) is 8.59. The predicted octanol–water partition coefficient (Wildman–Crippen LogP) is 2.15. The number of amides is 1. The molecule has 1 aromatic carbocycles. The maximum atomic E-state index is 12.1. The fourth-order valence-corrected chi connectivity index (χ4v) is 3.49. The first-order chi connectivity index (χ1) is 15.3. The molecule has 1 aromatic rings. The lowest BCUT2D eigenvalue weighted by molar-refractivity contribution is -0.121. The lowest BCUT2D eigenvalue weighted by Crippen LogP contribution is -2.48. The molecule has 0 aliphatic carbocycles. The summed E-state index contributed by atoms with van der Waals surface area (Å²) in [6.45, 7) is 12.5. The van der Waals surface area contributed by atoms with Crippen molar-refractivity contribution in [3.8, 4) is 5.75 Å². The van der Waals surface area contributed by atoms with Gasteiger partial charge in [0.2, 0.25) is 5.91 Å². The van der Waals surface area contributed by atoms with Crippen LogP contribution in [-0.4, -0.2) is 74.8 Å². The molecule has 32 heavy (non-hydrogen) atoms. The molecule has 0 atom stereocenters. The summed E-state index contributed by atoms with van der Waals surface area (Å²) in [6.07, 6.45) is 2.17. The smallest absolute Gasteiger partial charge is 0.239 e. The molecule has 1 saturated heterocycles. The second-order valence-electron chi connectivity index (χ2n) is 9.17. The number of benzene rings is 1. The number of nitrogens with one attached hydrogen (secondary N) is 3. The molecule has 1 aliphatic rings. The van der Waals surface area contributed by atoms with E-state index < -0.39 is 0 Å². The topological polar surface area (TPSA) is 87.2 Å². The largest absolute Gasteiger partial charge is 0.492 e. The first-order valence-corrected chi connectivity index (χ1v) is 11.6. The number of likely N-dealkylation sites (N-methyl/N-ethyl adjacent to an activating group) is 1. The quantitative estimate of drug-likeness (QED) is 0.376. The molecular weight excluding hydrogens is 406 g/mol. The van der Waals surface area contributed by atoms with Gasteiger partial charge >= 0.3 is 0 Å². The average molecular weight is 448 g/mol. The van der Waals surface area contributed by atoms with Gasteiger partial charge in [0.15, 0.2) is 5.96 Å². The molecule has 8 nitrogen and oxygen atoms in total. The Morgan fingerprint density at radius 2 is 2.00 bits per heavy atom. The zero-order valence-corrected chi connectivity index (χ0v) is 20.4. The third-order valence-corrected chi connectivity index (χ3v) is 5.12. The van der Waals surface area contributed by atoms with Gasteiger partial charge in [-0.05, 0) is 65.3 Å². The van der Waals surface area contributed by atoms with Crippen LogP contribution in [0.25, 0.3) is 0 Å². The molecule has 0 aromatic heterocycles. The van der Waals surface area contributed by atoms with Gasteiger partial charge in [-0.15, -0.1) is 0 Å².